The second-order valence-corrected chi connectivity index (χ2v) is 8.97. The van der Waals surface area contributed by atoms with Crippen molar-refractivity contribution < 1.29 is 9.59 Å². The van der Waals surface area contributed by atoms with E-state index in [4.69, 9.17) is 5.73 Å². The lowest BCUT2D eigenvalue weighted by Crippen LogP contribution is -2.17. The second-order valence-electron chi connectivity index (χ2n) is 8.03. The molecule has 0 spiro atoms. The number of hydrogen-bond donors (Lipinski definition) is 2. The summed E-state index contributed by atoms with van der Waals surface area (Å²) in [6.07, 6.45) is 1.41. The van der Waals surface area contributed by atoms with Crippen molar-refractivity contribution in [2.24, 2.45) is 11.7 Å². The Morgan fingerprint density at radius 2 is 1.78 bits per heavy atom. The van der Waals surface area contributed by atoms with Gasteiger partial charge in [-0.15, -0.1) is 10.2 Å². The zero-order valence-electron chi connectivity index (χ0n) is 18.5. The highest BCUT2D eigenvalue weighted by Crippen LogP contribution is 2.22. The number of nitrogens with zero attached hydrogens (tertiary/aromatic N) is 3. The number of amides is 2. The molecule has 0 aliphatic heterocycles. The second kappa shape index (κ2) is 11.5. The fourth-order valence-electron chi connectivity index (χ4n) is 3.32. The van der Waals surface area contributed by atoms with Gasteiger partial charge in [0.1, 0.15) is 5.82 Å². The third kappa shape index (κ3) is 6.95. The van der Waals surface area contributed by atoms with Crippen molar-refractivity contribution in [3.63, 3.8) is 0 Å². The van der Waals surface area contributed by atoms with Crippen molar-refractivity contribution in [1.82, 2.24) is 14.8 Å². The Morgan fingerprint density at radius 3 is 2.50 bits per heavy atom. The standard InChI is InChI=1S/C24H29N5O2S/c1-17(2)15-29-22(13-12-21(25)30)27-28-24(29)32-16-23(31)26-20-11-7-6-10-19(20)14-18-8-4-3-5-9-18/h3-11,17H,12-16H2,1-2H3,(H2,25,30)(H,26,31). The number of aromatic nitrogens is 3. The van der Waals surface area contributed by atoms with Crippen molar-refractivity contribution in [1.29, 1.82) is 0 Å². The molecule has 2 aromatic carbocycles. The fourth-order valence-corrected chi connectivity index (χ4v) is 4.09. The van der Waals surface area contributed by atoms with Gasteiger partial charge >= 0.3 is 0 Å². The summed E-state index contributed by atoms with van der Waals surface area (Å²) in [5.41, 5.74) is 8.34. The van der Waals surface area contributed by atoms with Gasteiger partial charge in [-0.3, -0.25) is 9.59 Å². The lowest BCUT2D eigenvalue weighted by molar-refractivity contribution is -0.118. The first-order chi connectivity index (χ1) is 15.4. The van der Waals surface area contributed by atoms with Gasteiger partial charge in [0.2, 0.25) is 11.8 Å². The fraction of sp³-hybridized carbons (Fsp3) is 0.333. The maximum absolute atomic E-state index is 12.7. The summed E-state index contributed by atoms with van der Waals surface area (Å²) in [6.45, 7) is 4.91. The summed E-state index contributed by atoms with van der Waals surface area (Å²) in [6, 6.07) is 18.0. The highest BCUT2D eigenvalue weighted by molar-refractivity contribution is 7.99. The predicted octanol–water partition coefficient (Wildman–Crippen LogP) is 3.67. The average Bonchev–Trinajstić information content (AvgIpc) is 3.13. The molecule has 0 atom stereocenters. The summed E-state index contributed by atoms with van der Waals surface area (Å²) in [5, 5.41) is 12.2. The van der Waals surface area contributed by atoms with Gasteiger partial charge in [0, 0.05) is 25.1 Å². The highest BCUT2D eigenvalue weighted by Gasteiger charge is 2.16. The van der Waals surface area contributed by atoms with Crippen LogP contribution in [0.15, 0.2) is 59.8 Å². The van der Waals surface area contributed by atoms with E-state index < -0.39 is 0 Å². The van der Waals surface area contributed by atoms with Crippen molar-refractivity contribution >= 4 is 29.3 Å². The van der Waals surface area contributed by atoms with Crippen molar-refractivity contribution in [2.75, 3.05) is 11.1 Å². The first-order valence-corrected chi connectivity index (χ1v) is 11.7. The largest absolute Gasteiger partial charge is 0.370 e. The van der Waals surface area contributed by atoms with E-state index in [2.05, 4.69) is 41.5 Å². The van der Waals surface area contributed by atoms with Crippen molar-refractivity contribution in [2.45, 2.75) is 44.8 Å². The van der Waals surface area contributed by atoms with E-state index >= 15 is 0 Å². The van der Waals surface area contributed by atoms with Crippen LogP contribution in [-0.2, 0) is 29.0 Å². The lowest BCUT2D eigenvalue weighted by atomic mass is 10.0. The van der Waals surface area contributed by atoms with Crippen LogP contribution in [0.2, 0.25) is 0 Å². The number of carbonyl (C=O) groups excluding carboxylic acids is 2. The molecule has 3 N–H and O–H groups in total. The minimum Gasteiger partial charge on any atom is -0.370 e. The van der Waals surface area contributed by atoms with Gasteiger partial charge in [-0.2, -0.15) is 0 Å². The highest BCUT2D eigenvalue weighted by atomic mass is 32.2. The maximum atomic E-state index is 12.7. The zero-order valence-corrected chi connectivity index (χ0v) is 19.3. The van der Waals surface area contributed by atoms with E-state index in [-0.39, 0.29) is 24.0 Å². The van der Waals surface area contributed by atoms with E-state index in [1.807, 2.05) is 47.0 Å². The molecule has 0 saturated heterocycles. The number of benzene rings is 2. The van der Waals surface area contributed by atoms with Crippen LogP contribution < -0.4 is 11.1 Å². The third-order valence-electron chi connectivity index (χ3n) is 4.80. The molecule has 0 unspecified atom stereocenters. The third-order valence-corrected chi connectivity index (χ3v) is 5.76. The van der Waals surface area contributed by atoms with E-state index in [0.29, 0.717) is 29.9 Å². The number of carbonyl (C=O) groups is 2. The van der Waals surface area contributed by atoms with Crippen molar-refractivity contribution in [3.8, 4) is 0 Å². The van der Waals surface area contributed by atoms with Crippen LogP contribution in [0.1, 0.15) is 37.2 Å². The number of hydrogen-bond acceptors (Lipinski definition) is 5. The first-order valence-electron chi connectivity index (χ1n) is 10.7. The number of aryl methyl sites for hydroxylation is 1. The van der Waals surface area contributed by atoms with Crippen LogP contribution in [0, 0.1) is 5.92 Å². The van der Waals surface area contributed by atoms with Gasteiger partial charge in [-0.1, -0.05) is 74.1 Å². The molecular formula is C24H29N5O2S. The number of anilines is 1. The summed E-state index contributed by atoms with van der Waals surface area (Å²) in [4.78, 5) is 23.8. The normalized spacial score (nSPS) is 11.0. The Labute approximate surface area is 192 Å². The smallest absolute Gasteiger partial charge is 0.234 e. The van der Waals surface area contributed by atoms with E-state index in [1.165, 1.54) is 17.3 Å². The minimum atomic E-state index is -0.369. The van der Waals surface area contributed by atoms with Gasteiger partial charge in [0.25, 0.3) is 0 Å². The minimum absolute atomic E-state index is 0.103. The molecule has 1 heterocycles. The molecule has 32 heavy (non-hydrogen) atoms. The molecule has 0 fully saturated rings. The zero-order chi connectivity index (χ0) is 22.9. The molecule has 0 saturated carbocycles. The molecule has 0 bridgehead atoms. The number of nitrogens with two attached hydrogens (primary N) is 1. The molecule has 3 rings (SSSR count). The van der Waals surface area contributed by atoms with Gasteiger partial charge in [-0.25, -0.2) is 0 Å². The van der Waals surface area contributed by atoms with Crippen LogP contribution in [-0.4, -0.2) is 32.3 Å². The monoisotopic (exact) mass is 451 g/mol. The quantitative estimate of drug-likeness (QED) is 0.433. The Hall–Kier alpha value is -3.13. The number of rotatable bonds is 11. The summed E-state index contributed by atoms with van der Waals surface area (Å²) in [7, 11) is 0. The SMILES string of the molecule is CC(C)Cn1c(CCC(N)=O)nnc1SCC(=O)Nc1ccccc1Cc1ccccc1. The van der Waals surface area contributed by atoms with Gasteiger partial charge in [-0.05, 0) is 29.5 Å². The molecule has 3 aromatic rings. The maximum Gasteiger partial charge on any atom is 0.234 e. The van der Waals surface area contributed by atoms with Crippen molar-refractivity contribution in [3.05, 3.63) is 71.5 Å². The van der Waals surface area contributed by atoms with Crippen LogP contribution in [0.4, 0.5) is 5.69 Å². The molecular weight excluding hydrogens is 422 g/mol. The van der Waals surface area contributed by atoms with Gasteiger partial charge in [0.15, 0.2) is 5.16 Å². The predicted molar refractivity (Wildman–Crippen MR) is 127 cm³/mol. The number of thioether (sulfide) groups is 1. The molecule has 0 aliphatic rings. The van der Waals surface area contributed by atoms with E-state index in [1.54, 1.807) is 0 Å². The molecule has 8 heteroatoms. The van der Waals surface area contributed by atoms with Crippen LogP contribution in [0.3, 0.4) is 0 Å². The van der Waals surface area contributed by atoms with Gasteiger partial charge in [0.05, 0.1) is 5.75 Å². The number of nitrogens with one attached hydrogen (secondary N) is 1. The summed E-state index contributed by atoms with van der Waals surface area (Å²) >= 11 is 1.34. The molecule has 0 aliphatic carbocycles. The number of para-hydroxylation sites is 1. The number of primary amides is 1. The molecule has 2 amide bonds. The lowest BCUT2D eigenvalue weighted by Gasteiger charge is -2.13. The summed E-state index contributed by atoms with van der Waals surface area (Å²) < 4.78 is 1.98. The average molecular weight is 452 g/mol. The molecule has 7 nitrogen and oxygen atoms in total. The molecule has 168 valence electrons. The van der Waals surface area contributed by atoms with E-state index in [0.717, 1.165) is 17.7 Å². The Morgan fingerprint density at radius 1 is 1.06 bits per heavy atom. The molecule has 1 aromatic heterocycles. The van der Waals surface area contributed by atoms with E-state index in [9.17, 15) is 9.59 Å². The Bertz CT molecular complexity index is 1050. The van der Waals surface area contributed by atoms with Crippen LogP contribution in [0.5, 0.6) is 0 Å². The Kier molecular flexibility index (Phi) is 8.44. The molecule has 0 radical (unpaired) electrons. The Balaban J connectivity index is 1.65. The van der Waals surface area contributed by atoms with Crippen LogP contribution >= 0.6 is 11.8 Å². The first kappa shape index (κ1) is 23.5. The summed E-state index contributed by atoms with van der Waals surface area (Å²) in [5.74, 6) is 0.830. The topological polar surface area (TPSA) is 103 Å². The van der Waals surface area contributed by atoms with Gasteiger partial charge < -0.3 is 15.6 Å². The van der Waals surface area contributed by atoms with Crippen LogP contribution in [0.25, 0.3) is 0 Å².